The van der Waals surface area contributed by atoms with Crippen LogP contribution < -0.4 is 5.32 Å². The van der Waals surface area contributed by atoms with E-state index in [0.717, 1.165) is 64.2 Å². The zero-order valence-electron chi connectivity index (χ0n) is 28.4. The van der Waals surface area contributed by atoms with Gasteiger partial charge in [0.2, 0.25) is 5.91 Å². The van der Waals surface area contributed by atoms with Crippen LogP contribution in [0.2, 0.25) is 0 Å². The molecule has 6 heteroatoms. The quantitative estimate of drug-likeness (QED) is 0.0395. The Morgan fingerprint density at radius 1 is 0.614 bits per heavy atom. The molecule has 0 saturated heterocycles. The molecule has 3 unspecified atom stereocenters. The van der Waals surface area contributed by atoms with Crippen LogP contribution in [0.25, 0.3) is 0 Å². The number of allylic oxidation sites excluding steroid dienone is 7. The molecule has 6 nitrogen and oxygen atoms in total. The lowest BCUT2D eigenvalue weighted by Gasteiger charge is -2.26. The first-order valence-electron chi connectivity index (χ1n) is 18.0. The molecule has 0 aromatic rings. The SMILES string of the molecule is CCCCCCCCCCCCCCC(O)C(O)[C@H](CO)NC(=O)CCC/C=C\C/C=C\C/C=C\C/C=C\CC(O)CCC. The molecule has 1 amide bonds. The molecular weight excluding hydrogens is 550 g/mol. The Kier molecular flexibility index (Phi) is 31.4. The summed E-state index contributed by atoms with van der Waals surface area (Å²) in [5.74, 6) is -0.215. The van der Waals surface area contributed by atoms with E-state index in [9.17, 15) is 25.2 Å². The van der Waals surface area contributed by atoms with Gasteiger partial charge in [0.1, 0.15) is 6.10 Å². The molecule has 0 aliphatic carbocycles. The fourth-order valence-electron chi connectivity index (χ4n) is 5.17. The van der Waals surface area contributed by atoms with Crippen LogP contribution in [-0.2, 0) is 4.79 Å². The molecule has 5 N–H and O–H groups in total. The van der Waals surface area contributed by atoms with Crippen molar-refractivity contribution in [2.45, 2.75) is 179 Å². The fourth-order valence-corrected chi connectivity index (χ4v) is 5.17. The largest absolute Gasteiger partial charge is 0.394 e. The number of nitrogens with one attached hydrogen (secondary N) is 1. The second-order valence-electron chi connectivity index (χ2n) is 12.3. The van der Waals surface area contributed by atoms with Crippen LogP contribution in [0.15, 0.2) is 48.6 Å². The van der Waals surface area contributed by atoms with Crippen molar-refractivity contribution in [2.75, 3.05) is 6.61 Å². The van der Waals surface area contributed by atoms with Gasteiger partial charge in [0, 0.05) is 6.42 Å². The molecule has 0 aliphatic rings. The molecule has 0 heterocycles. The van der Waals surface area contributed by atoms with Crippen LogP contribution in [0.1, 0.15) is 155 Å². The maximum atomic E-state index is 12.3. The van der Waals surface area contributed by atoms with Crippen LogP contribution in [0.4, 0.5) is 0 Å². The third-order valence-corrected chi connectivity index (χ3v) is 7.99. The van der Waals surface area contributed by atoms with Gasteiger partial charge in [-0.15, -0.1) is 0 Å². The Balaban J connectivity index is 3.87. The lowest BCUT2D eigenvalue weighted by Crippen LogP contribution is -2.50. The van der Waals surface area contributed by atoms with Crippen LogP contribution in [0, 0.1) is 0 Å². The van der Waals surface area contributed by atoms with Crippen LogP contribution in [0.5, 0.6) is 0 Å². The maximum absolute atomic E-state index is 12.3. The highest BCUT2D eigenvalue weighted by Crippen LogP contribution is 2.15. The molecule has 0 spiro atoms. The van der Waals surface area contributed by atoms with Gasteiger partial charge in [-0.1, -0.05) is 146 Å². The summed E-state index contributed by atoms with van der Waals surface area (Å²) in [6, 6.07) is -0.848. The lowest BCUT2D eigenvalue weighted by atomic mass is 9.99. The monoisotopic (exact) mass is 620 g/mol. The maximum Gasteiger partial charge on any atom is 0.220 e. The Morgan fingerprint density at radius 2 is 1.11 bits per heavy atom. The van der Waals surface area contributed by atoms with Crippen molar-refractivity contribution in [1.82, 2.24) is 5.32 Å². The summed E-state index contributed by atoms with van der Waals surface area (Å²) in [5, 5.41) is 42.9. The smallest absolute Gasteiger partial charge is 0.220 e. The van der Waals surface area contributed by atoms with Crippen molar-refractivity contribution in [1.29, 1.82) is 0 Å². The summed E-state index contributed by atoms with van der Waals surface area (Å²) < 4.78 is 0. The van der Waals surface area contributed by atoms with E-state index in [0.29, 0.717) is 19.3 Å². The number of carbonyl (C=O) groups is 1. The summed E-state index contributed by atoms with van der Waals surface area (Å²) >= 11 is 0. The van der Waals surface area contributed by atoms with Gasteiger partial charge >= 0.3 is 0 Å². The standard InChI is InChI=1S/C38H69NO5/c1-3-5-6-7-8-9-10-15-18-21-24-27-31-36(42)38(44)35(33-40)39-37(43)32-28-25-22-19-16-13-11-12-14-17-20-23-26-30-34(41)29-4-2/h11,13-14,17,19,22-23,26,34-36,38,40-42,44H,3-10,12,15-16,18,20-21,24-25,27-33H2,1-2H3,(H,39,43)/b13-11-,17-14-,22-19-,26-23-/t34?,35-,36?,38?/m0/s1. The molecule has 0 fully saturated rings. The summed E-state index contributed by atoms with van der Waals surface area (Å²) in [5.41, 5.74) is 0. The fraction of sp³-hybridized carbons (Fsp3) is 0.763. The van der Waals surface area contributed by atoms with E-state index < -0.39 is 24.9 Å². The third kappa shape index (κ3) is 27.8. The molecule has 0 bridgehead atoms. The van der Waals surface area contributed by atoms with Crippen LogP contribution >= 0.6 is 0 Å². The van der Waals surface area contributed by atoms with Crippen molar-refractivity contribution >= 4 is 5.91 Å². The number of unbranched alkanes of at least 4 members (excludes halogenated alkanes) is 12. The van der Waals surface area contributed by atoms with Crippen molar-refractivity contribution in [3.05, 3.63) is 48.6 Å². The number of amides is 1. The van der Waals surface area contributed by atoms with Gasteiger partial charge in [0.15, 0.2) is 0 Å². The van der Waals surface area contributed by atoms with Gasteiger partial charge in [0.05, 0.1) is 24.9 Å². The Bertz CT molecular complexity index is 748. The number of hydrogen-bond donors (Lipinski definition) is 5. The molecule has 0 saturated carbocycles. The predicted octanol–water partition coefficient (Wildman–Crippen LogP) is 8.39. The number of carbonyl (C=O) groups excluding carboxylic acids is 1. The van der Waals surface area contributed by atoms with Crippen LogP contribution in [-0.4, -0.2) is 57.3 Å². The predicted molar refractivity (Wildman–Crippen MR) is 187 cm³/mol. The van der Waals surface area contributed by atoms with E-state index >= 15 is 0 Å². The highest BCUT2D eigenvalue weighted by Gasteiger charge is 2.26. The van der Waals surface area contributed by atoms with Crippen molar-refractivity contribution in [2.24, 2.45) is 0 Å². The van der Waals surface area contributed by atoms with E-state index in [1.54, 1.807) is 0 Å². The molecule has 44 heavy (non-hydrogen) atoms. The Morgan fingerprint density at radius 3 is 1.64 bits per heavy atom. The van der Waals surface area contributed by atoms with Crippen molar-refractivity contribution < 1.29 is 25.2 Å². The second kappa shape index (κ2) is 32.7. The number of aliphatic hydroxyl groups excluding tert-OH is 4. The molecule has 0 rings (SSSR count). The second-order valence-corrected chi connectivity index (χ2v) is 12.3. The molecule has 0 aromatic carbocycles. The average Bonchev–Trinajstić information content (AvgIpc) is 3.01. The third-order valence-electron chi connectivity index (χ3n) is 7.99. The zero-order valence-corrected chi connectivity index (χ0v) is 28.4. The first kappa shape index (κ1) is 42.3. The number of rotatable bonds is 31. The normalized spacial score (nSPS) is 15.1. The lowest BCUT2D eigenvalue weighted by molar-refractivity contribution is -0.124. The first-order valence-corrected chi connectivity index (χ1v) is 18.0. The molecule has 0 radical (unpaired) electrons. The summed E-state index contributed by atoms with van der Waals surface area (Å²) in [7, 11) is 0. The van der Waals surface area contributed by atoms with Crippen LogP contribution in [0.3, 0.4) is 0 Å². The molecule has 0 aliphatic heterocycles. The number of aliphatic hydroxyl groups is 4. The highest BCUT2D eigenvalue weighted by molar-refractivity contribution is 5.76. The molecular formula is C38H69NO5. The van der Waals surface area contributed by atoms with Gasteiger partial charge in [-0.05, 0) is 51.4 Å². The summed E-state index contributed by atoms with van der Waals surface area (Å²) in [6.45, 7) is 3.93. The highest BCUT2D eigenvalue weighted by atomic mass is 16.3. The van der Waals surface area contributed by atoms with Crippen molar-refractivity contribution in [3.8, 4) is 0 Å². The van der Waals surface area contributed by atoms with E-state index in [1.807, 2.05) is 0 Å². The minimum absolute atomic E-state index is 0.215. The molecule has 256 valence electrons. The van der Waals surface area contributed by atoms with Gasteiger partial charge in [-0.3, -0.25) is 4.79 Å². The van der Waals surface area contributed by atoms with Gasteiger partial charge in [0.25, 0.3) is 0 Å². The average molecular weight is 620 g/mol. The minimum atomic E-state index is -1.17. The van der Waals surface area contributed by atoms with Gasteiger partial charge < -0.3 is 25.7 Å². The number of hydrogen-bond acceptors (Lipinski definition) is 5. The first-order chi connectivity index (χ1) is 21.5. The Hall–Kier alpha value is -1.73. The summed E-state index contributed by atoms with van der Waals surface area (Å²) in [6.07, 6.45) is 36.9. The topological polar surface area (TPSA) is 110 Å². The Labute approximate surface area is 270 Å². The molecule has 0 aromatic heterocycles. The minimum Gasteiger partial charge on any atom is -0.394 e. The zero-order chi connectivity index (χ0) is 32.5. The van der Waals surface area contributed by atoms with E-state index in [1.165, 1.54) is 57.8 Å². The van der Waals surface area contributed by atoms with Gasteiger partial charge in [-0.25, -0.2) is 0 Å². The van der Waals surface area contributed by atoms with Gasteiger partial charge in [-0.2, -0.15) is 0 Å². The van der Waals surface area contributed by atoms with E-state index in [2.05, 4.69) is 67.8 Å². The van der Waals surface area contributed by atoms with Crippen molar-refractivity contribution in [3.63, 3.8) is 0 Å². The van der Waals surface area contributed by atoms with E-state index in [-0.39, 0.29) is 12.0 Å². The van der Waals surface area contributed by atoms with E-state index in [4.69, 9.17) is 0 Å². The molecule has 4 atom stereocenters. The summed E-state index contributed by atoms with van der Waals surface area (Å²) in [4.78, 5) is 12.3.